The van der Waals surface area contributed by atoms with Crippen LogP contribution in [0.3, 0.4) is 0 Å². The first kappa shape index (κ1) is 16.3. The second-order valence-electron chi connectivity index (χ2n) is 5.44. The van der Waals surface area contributed by atoms with Crippen LogP contribution in [-0.4, -0.2) is 19.7 Å². The Balaban J connectivity index is 2.06. The Bertz CT molecular complexity index is 366. The average molecular weight is 284 g/mol. The molecule has 1 aromatic rings. The van der Waals surface area contributed by atoms with Gasteiger partial charge in [0, 0.05) is 0 Å². The topological polar surface area (TPSA) is 21.3 Å². The van der Waals surface area contributed by atoms with Gasteiger partial charge in [-0.25, -0.2) is 0 Å². The van der Waals surface area contributed by atoms with Gasteiger partial charge in [0.15, 0.2) is 0 Å². The monoisotopic (exact) mass is 283 g/mol. The minimum Gasteiger partial charge on any atom is -0.492 e. The summed E-state index contributed by atoms with van der Waals surface area (Å²) < 4.78 is 5.71. The Hall–Kier alpha value is -0.730. The van der Waals surface area contributed by atoms with Gasteiger partial charge < -0.3 is 10.1 Å². The molecule has 1 N–H and O–H groups in total. The Kier molecular flexibility index (Phi) is 7.92. The van der Waals surface area contributed by atoms with E-state index in [2.05, 4.69) is 19.2 Å². The van der Waals surface area contributed by atoms with E-state index >= 15 is 0 Å². The molecule has 0 aliphatic carbocycles. The van der Waals surface area contributed by atoms with Crippen molar-refractivity contribution < 1.29 is 4.74 Å². The zero-order chi connectivity index (χ0) is 14.1. The van der Waals surface area contributed by atoms with Crippen molar-refractivity contribution in [2.24, 2.45) is 5.92 Å². The first-order chi connectivity index (χ1) is 9.09. The molecular formula is C16H26ClNO. The van der Waals surface area contributed by atoms with Gasteiger partial charge in [-0.1, -0.05) is 31.5 Å². The second-order valence-corrected chi connectivity index (χ2v) is 5.85. The summed E-state index contributed by atoms with van der Waals surface area (Å²) in [5, 5.41) is 4.15. The molecule has 108 valence electrons. The highest BCUT2D eigenvalue weighted by Crippen LogP contribution is 2.25. The smallest absolute Gasteiger partial charge is 0.138 e. The molecule has 0 radical (unpaired) electrons. The van der Waals surface area contributed by atoms with E-state index in [9.17, 15) is 0 Å². The van der Waals surface area contributed by atoms with Gasteiger partial charge in [-0.2, -0.15) is 0 Å². The maximum Gasteiger partial charge on any atom is 0.138 e. The lowest BCUT2D eigenvalue weighted by molar-refractivity contribution is 0.304. The van der Waals surface area contributed by atoms with Crippen LogP contribution in [0.5, 0.6) is 5.75 Å². The number of nitrogens with one attached hydrogen (secondary N) is 1. The second kappa shape index (κ2) is 9.22. The standard InChI is InChI=1S/C16H26ClNO/c1-13(2)12-18-9-5-4-6-10-19-16-11-14(3)7-8-15(16)17/h7-8,11,13,18H,4-6,9-10,12H2,1-3H3. The molecule has 0 saturated heterocycles. The molecule has 1 aromatic carbocycles. The largest absolute Gasteiger partial charge is 0.492 e. The molecule has 0 fully saturated rings. The molecule has 19 heavy (non-hydrogen) atoms. The average Bonchev–Trinajstić information content (AvgIpc) is 2.36. The van der Waals surface area contributed by atoms with Gasteiger partial charge in [-0.15, -0.1) is 0 Å². The number of halogens is 1. The van der Waals surface area contributed by atoms with Gasteiger partial charge in [-0.3, -0.25) is 0 Å². The molecule has 0 unspecified atom stereocenters. The predicted octanol–water partition coefficient (Wildman–Crippen LogP) is 4.44. The zero-order valence-electron chi connectivity index (χ0n) is 12.3. The first-order valence-corrected chi connectivity index (χ1v) is 7.57. The van der Waals surface area contributed by atoms with E-state index in [1.807, 2.05) is 25.1 Å². The van der Waals surface area contributed by atoms with Crippen molar-refractivity contribution >= 4 is 11.6 Å². The zero-order valence-corrected chi connectivity index (χ0v) is 13.1. The quantitative estimate of drug-likeness (QED) is 0.676. The molecule has 0 atom stereocenters. The molecule has 0 saturated carbocycles. The summed E-state index contributed by atoms with van der Waals surface area (Å²) in [4.78, 5) is 0. The highest BCUT2D eigenvalue weighted by atomic mass is 35.5. The Morgan fingerprint density at radius 2 is 2.00 bits per heavy atom. The number of aryl methyl sites for hydroxylation is 1. The van der Waals surface area contributed by atoms with Crippen molar-refractivity contribution in [3.8, 4) is 5.75 Å². The maximum absolute atomic E-state index is 6.07. The van der Waals surface area contributed by atoms with Crippen molar-refractivity contribution in [1.29, 1.82) is 0 Å². The van der Waals surface area contributed by atoms with Gasteiger partial charge >= 0.3 is 0 Å². The van der Waals surface area contributed by atoms with Crippen molar-refractivity contribution in [3.63, 3.8) is 0 Å². The van der Waals surface area contributed by atoms with E-state index in [0.717, 1.165) is 37.8 Å². The Morgan fingerprint density at radius 3 is 2.74 bits per heavy atom. The predicted molar refractivity (Wildman–Crippen MR) is 83.2 cm³/mol. The van der Waals surface area contributed by atoms with Gasteiger partial charge in [0.1, 0.15) is 5.75 Å². The minimum atomic E-state index is 0.698. The number of rotatable bonds is 9. The van der Waals surface area contributed by atoms with E-state index in [1.54, 1.807) is 0 Å². The SMILES string of the molecule is Cc1ccc(Cl)c(OCCCCCNCC(C)C)c1. The summed E-state index contributed by atoms with van der Waals surface area (Å²) in [6.45, 7) is 9.45. The number of hydrogen-bond donors (Lipinski definition) is 1. The summed E-state index contributed by atoms with van der Waals surface area (Å²) in [5.74, 6) is 1.53. The van der Waals surface area contributed by atoms with E-state index in [4.69, 9.17) is 16.3 Å². The molecular weight excluding hydrogens is 258 g/mol. The third kappa shape index (κ3) is 7.44. The molecule has 0 aliphatic rings. The van der Waals surface area contributed by atoms with E-state index < -0.39 is 0 Å². The number of benzene rings is 1. The van der Waals surface area contributed by atoms with Crippen LogP contribution < -0.4 is 10.1 Å². The van der Waals surface area contributed by atoms with Gasteiger partial charge in [0.05, 0.1) is 11.6 Å². The molecule has 1 rings (SSSR count). The highest BCUT2D eigenvalue weighted by Gasteiger charge is 2.01. The molecule has 0 amide bonds. The fourth-order valence-corrected chi connectivity index (χ4v) is 1.99. The van der Waals surface area contributed by atoms with Crippen LogP contribution in [0.2, 0.25) is 5.02 Å². The van der Waals surface area contributed by atoms with Crippen LogP contribution in [-0.2, 0) is 0 Å². The van der Waals surface area contributed by atoms with E-state index in [-0.39, 0.29) is 0 Å². The van der Waals surface area contributed by atoms with Gasteiger partial charge in [0.25, 0.3) is 0 Å². The molecule has 3 heteroatoms. The molecule has 2 nitrogen and oxygen atoms in total. The van der Waals surface area contributed by atoms with Crippen LogP contribution in [0, 0.1) is 12.8 Å². The highest BCUT2D eigenvalue weighted by molar-refractivity contribution is 6.32. The summed E-state index contributed by atoms with van der Waals surface area (Å²) in [6.07, 6.45) is 3.47. The van der Waals surface area contributed by atoms with Crippen molar-refractivity contribution in [2.75, 3.05) is 19.7 Å². The molecule has 0 heterocycles. The Labute approximate surface area is 122 Å². The summed E-state index contributed by atoms with van der Waals surface area (Å²) in [6, 6.07) is 5.88. The summed E-state index contributed by atoms with van der Waals surface area (Å²) in [7, 11) is 0. The lowest BCUT2D eigenvalue weighted by Crippen LogP contribution is -2.20. The summed E-state index contributed by atoms with van der Waals surface area (Å²) in [5.41, 5.74) is 1.18. The number of unbranched alkanes of at least 4 members (excludes halogenated alkanes) is 2. The van der Waals surface area contributed by atoms with Gasteiger partial charge in [0.2, 0.25) is 0 Å². The van der Waals surface area contributed by atoms with Crippen LogP contribution in [0.4, 0.5) is 0 Å². The van der Waals surface area contributed by atoms with E-state index in [1.165, 1.54) is 18.4 Å². The fraction of sp³-hybridized carbons (Fsp3) is 0.625. The molecule has 0 bridgehead atoms. The van der Waals surface area contributed by atoms with Crippen molar-refractivity contribution in [3.05, 3.63) is 28.8 Å². The molecule has 0 aromatic heterocycles. The van der Waals surface area contributed by atoms with Crippen LogP contribution in [0.25, 0.3) is 0 Å². The summed E-state index contributed by atoms with van der Waals surface area (Å²) >= 11 is 6.07. The van der Waals surface area contributed by atoms with E-state index in [0.29, 0.717) is 5.02 Å². The van der Waals surface area contributed by atoms with Crippen molar-refractivity contribution in [1.82, 2.24) is 5.32 Å². The maximum atomic E-state index is 6.07. The normalized spacial score (nSPS) is 11.0. The lowest BCUT2D eigenvalue weighted by Gasteiger charge is -2.09. The van der Waals surface area contributed by atoms with Gasteiger partial charge in [-0.05, 0) is 62.9 Å². The molecule has 0 spiro atoms. The van der Waals surface area contributed by atoms with Crippen LogP contribution in [0.1, 0.15) is 38.7 Å². The lowest BCUT2D eigenvalue weighted by atomic mass is 10.2. The Morgan fingerprint density at radius 1 is 1.21 bits per heavy atom. The molecule has 0 aliphatic heterocycles. The third-order valence-corrected chi connectivity index (χ3v) is 3.21. The van der Waals surface area contributed by atoms with Crippen molar-refractivity contribution in [2.45, 2.75) is 40.0 Å². The van der Waals surface area contributed by atoms with Crippen LogP contribution in [0.15, 0.2) is 18.2 Å². The first-order valence-electron chi connectivity index (χ1n) is 7.19. The minimum absolute atomic E-state index is 0.698. The number of hydrogen-bond acceptors (Lipinski definition) is 2. The fourth-order valence-electron chi connectivity index (χ4n) is 1.82. The number of ether oxygens (including phenoxy) is 1. The third-order valence-electron chi connectivity index (χ3n) is 2.89. The van der Waals surface area contributed by atoms with Crippen LogP contribution >= 0.6 is 11.6 Å².